The van der Waals surface area contributed by atoms with Gasteiger partial charge in [-0.15, -0.1) is 11.3 Å². The quantitative estimate of drug-likeness (QED) is 0.708. The van der Waals surface area contributed by atoms with E-state index in [1.54, 1.807) is 17.5 Å². The largest absolute Gasteiger partial charge is 0.340 e. The first-order chi connectivity index (χ1) is 14.1. The van der Waals surface area contributed by atoms with E-state index in [0.29, 0.717) is 17.2 Å². The normalized spacial score (nSPS) is 25.9. The fourth-order valence-corrected chi connectivity index (χ4v) is 7.89. The van der Waals surface area contributed by atoms with Gasteiger partial charge in [0.1, 0.15) is 10.3 Å². The summed E-state index contributed by atoms with van der Waals surface area (Å²) in [6.07, 6.45) is 9.15. The van der Waals surface area contributed by atoms with Crippen LogP contribution in [-0.4, -0.2) is 73.7 Å². The summed E-state index contributed by atoms with van der Waals surface area (Å²) < 4.78 is 27.8. The van der Waals surface area contributed by atoms with Crippen molar-refractivity contribution in [2.45, 2.75) is 61.6 Å². The summed E-state index contributed by atoms with van der Waals surface area (Å²) in [6, 6.07) is 2.85. The minimum Gasteiger partial charge on any atom is -0.340 e. The molecule has 0 radical (unpaired) electrons. The summed E-state index contributed by atoms with van der Waals surface area (Å²) in [4.78, 5) is 17.7. The highest BCUT2D eigenvalue weighted by Gasteiger charge is 2.41. The van der Waals surface area contributed by atoms with Crippen molar-refractivity contribution >= 4 is 27.3 Å². The minimum absolute atomic E-state index is 0.00199. The molecule has 2 aliphatic heterocycles. The van der Waals surface area contributed by atoms with Crippen LogP contribution in [0.1, 0.15) is 51.4 Å². The molecule has 1 aromatic heterocycles. The zero-order valence-electron chi connectivity index (χ0n) is 17.2. The van der Waals surface area contributed by atoms with Gasteiger partial charge in [-0.2, -0.15) is 4.31 Å². The van der Waals surface area contributed by atoms with Gasteiger partial charge in [-0.25, -0.2) is 8.42 Å². The van der Waals surface area contributed by atoms with Crippen LogP contribution in [0.3, 0.4) is 0 Å². The maximum atomic E-state index is 13.3. The van der Waals surface area contributed by atoms with Crippen LogP contribution in [0.2, 0.25) is 0 Å². The number of hydrogen-bond donors (Lipinski definition) is 0. The Hall–Kier alpha value is -0.960. The van der Waals surface area contributed by atoms with Crippen molar-refractivity contribution in [3.8, 4) is 0 Å². The first-order valence-electron chi connectivity index (χ1n) is 11.1. The van der Waals surface area contributed by atoms with Gasteiger partial charge < -0.3 is 9.80 Å². The Morgan fingerprint density at radius 2 is 1.79 bits per heavy atom. The molecule has 1 amide bonds. The Bertz CT molecular complexity index is 775. The molecule has 0 N–H and O–H groups in total. The average Bonchev–Trinajstić information content (AvgIpc) is 3.39. The zero-order valence-corrected chi connectivity index (χ0v) is 18.8. The van der Waals surface area contributed by atoms with Crippen LogP contribution in [0.4, 0.5) is 0 Å². The van der Waals surface area contributed by atoms with Crippen molar-refractivity contribution in [3.63, 3.8) is 0 Å². The van der Waals surface area contributed by atoms with Gasteiger partial charge in [0, 0.05) is 32.7 Å². The van der Waals surface area contributed by atoms with Crippen LogP contribution >= 0.6 is 11.3 Å². The van der Waals surface area contributed by atoms with Crippen LogP contribution in [0, 0.1) is 5.92 Å². The van der Waals surface area contributed by atoms with E-state index in [1.807, 2.05) is 4.90 Å². The van der Waals surface area contributed by atoms with Gasteiger partial charge in [0.05, 0.1) is 0 Å². The van der Waals surface area contributed by atoms with Crippen LogP contribution in [-0.2, 0) is 14.8 Å². The summed E-state index contributed by atoms with van der Waals surface area (Å²) in [7, 11) is -3.57. The molecule has 1 atom stereocenters. The van der Waals surface area contributed by atoms with Gasteiger partial charge >= 0.3 is 0 Å². The Labute approximate surface area is 178 Å². The molecule has 3 heterocycles. The standard InChI is InChI=1S/C21H33N3O3S2/c25-21(19-9-4-13-24(19)29(26,27)20-10-5-16-28-20)23-12-6-11-22(14-15-23)17-18-7-2-1-3-8-18/h5,10,16,18-19H,1-4,6-9,11-15,17H2. The average molecular weight is 440 g/mol. The molecule has 0 bridgehead atoms. The van der Waals surface area contributed by atoms with Gasteiger partial charge in [-0.05, 0) is 56.0 Å². The maximum Gasteiger partial charge on any atom is 0.253 e. The van der Waals surface area contributed by atoms with Gasteiger partial charge in [0.2, 0.25) is 5.91 Å². The second-order valence-corrected chi connectivity index (χ2v) is 11.8. The Morgan fingerprint density at radius 3 is 2.55 bits per heavy atom. The van der Waals surface area contributed by atoms with Crippen molar-refractivity contribution in [3.05, 3.63) is 17.5 Å². The molecule has 3 aliphatic rings. The highest BCUT2D eigenvalue weighted by Crippen LogP contribution is 2.30. The van der Waals surface area contributed by atoms with Crippen LogP contribution < -0.4 is 0 Å². The van der Waals surface area contributed by atoms with Gasteiger partial charge in [0.15, 0.2) is 0 Å². The van der Waals surface area contributed by atoms with E-state index in [4.69, 9.17) is 0 Å². The second-order valence-electron chi connectivity index (χ2n) is 8.69. The van der Waals surface area contributed by atoms with E-state index in [9.17, 15) is 13.2 Å². The number of hydrogen-bond acceptors (Lipinski definition) is 5. The van der Waals surface area contributed by atoms with Gasteiger partial charge in [0.25, 0.3) is 10.0 Å². The fraction of sp³-hybridized carbons (Fsp3) is 0.762. The fourth-order valence-electron chi connectivity index (χ4n) is 5.12. The lowest BCUT2D eigenvalue weighted by atomic mass is 9.89. The predicted molar refractivity (Wildman–Crippen MR) is 115 cm³/mol. The van der Waals surface area contributed by atoms with E-state index in [1.165, 1.54) is 47.7 Å². The van der Waals surface area contributed by atoms with Crippen molar-refractivity contribution in [1.82, 2.24) is 14.1 Å². The topological polar surface area (TPSA) is 60.9 Å². The van der Waals surface area contributed by atoms with Crippen molar-refractivity contribution in [2.24, 2.45) is 5.92 Å². The van der Waals surface area contributed by atoms with Gasteiger partial charge in [-0.1, -0.05) is 25.3 Å². The highest BCUT2D eigenvalue weighted by atomic mass is 32.2. The smallest absolute Gasteiger partial charge is 0.253 e. The number of rotatable bonds is 5. The third-order valence-electron chi connectivity index (χ3n) is 6.69. The second kappa shape index (κ2) is 9.45. The number of nitrogens with zero attached hydrogens (tertiary/aromatic N) is 3. The van der Waals surface area contributed by atoms with Crippen molar-refractivity contribution in [2.75, 3.05) is 39.3 Å². The van der Waals surface area contributed by atoms with E-state index in [2.05, 4.69) is 4.90 Å². The summed E-state index contributed by atoms with van der Waals surface area (Å²) in [5.41, 5.74) is 0. The van der Waals surface area contributed by atoms with Crippen LogP contribution in [0.5, 0.6) is 0 Å². The zero-order chi connectivity index (χ0) is 20.3. The summed E-state index contributed by atoms with van der Waals surface area (Å²) in [5.74, 6) is 0.814. The summed E-state index contributed by atoms with van der Waals surface area (Å²) in [6.45, 7) is 5.01. The van der Waals surface area contributed by atoms with Crippen LogP contribution in [0.15, 0.2) is 21.7 Å². The number of carbonyl (C=O) groups is 1. The molecule has 162 valence electrons. The maximum absolute atomic E-state index is 13.3. The molecule has 1 aromatic rings. The van der Waals surface area contributed by atoms with E-state index >= 15 is 0 Å². The molecule has 8 heteroatoms. The Morgan fingerprint density at radius 1 is 0.966 bits per heavy atom. The molecule has 1 aliphatic carbocycles. The summed E-state index contributed by atoms with van der Waals surface area (Å²) >= 11 is 1.22. The minimum atomic E-state index is -3.57. The molecule has 29 heavy (non-hydrogen) atoms. The molecule has 2 saturated heterocycles. The molecule has 0 aromatic carbocycles. The third-order valence-corrected chi connectivity index (χ3v) is 9.97. The molecule has 3 fully saturated rings. The number of amides is 1. The molecule has 4 rings (SSSR count). The Kier molecular flexibility index (Phi) is 6.94. The van der Waals surface area contributed by atoms with Crippen LogP contribution in [0.25, 0.3) is 0 Å². The van der Waals surface area contributed by atoms with E-state index in [0.717, 1.165) is 51.5 Å². The molecule has 1 unspecified atom stereocenters. The monoisotopic (exact) mass is 439 g/mol. The lowest BCUT2D eigenvalue weighted by molar-refractivity contribution is -0.134. The van der Waals surface area contributed by atoms with Gasteiger partial charge in [-0.3, -0.25) is 4.79 Å². The first kappa shape index (κ1) is 21.3. The third kappa shape index (κ3) is 4.86. The van der Waals surface area contributed by atoms with E-state index in [-0.39, 0.29) is 5.91 Å². The highest BCUT2D eigenvalue weighted by molar-refractivity contribution is 7.91. The molecular weight excluding hydrogens is 406 g/mol. The lowest BCUT2D eigenvalue weighted by Gasteiger charge is -2.30. The molecular formula is C21H33N3O3S2. The lowest BCUT2D eigenvalue weighted by Crippen LogP contribution is -2.48. The number of carbonyl (C=O) groups excluding carboxylic acids is 1. The SMILES string of the molecule is O=C(C1CCCN1S(=O)(=O)c1cccs1)N1CCCN(CC2CCCCC2)CC1. The Balaban J connectivity index is 1.37. The molecule has 6 nitrogen and oxygen atoms in total. The first-order valence-corrected chi connectivity index (χ1v) is 13.4. The van der Waals surface area contributed by atoms with E-state index < -0.39 is 16.1 Å². The molecule has 0 spiro atoms. The van der Waals surface area contributed by atoms with Crippen molar-refractivity contribution < 1.29 is 13.2 Å². The van der Waals surface area contributed by atoms with Crippen molar-refractivity contribution in [1.29, 1.82) is 0 Å². The number of thiophene rings is 1. The molecule has 1 saturated carbocycles. The summed E-state index contributed by atoms with van der Waals surface area (Å²) in [5, 5.41) is 1.77. The number of sulfonamides is 1. The predicted octanol–water partition coefficient (Wildman–Crippen LogP) is 3.02.